The molecule has 5 rings (SSSR count). The number of aliphatic hydroxyl groups is 1. The van der Waals surface area contributed by atoms with Gasteiger partial charge in [0.1, 0.15) is 5.78 Å². The zero-order valence-electron chi connectivity index (χ0n) is 17.7. The first-order chi connectivity index (χ1) is 13.7. The van der Waals surface area contributed by atoms with Gasteiger partial charge in [-0.15, -0.1) is 0 Å². The Labute approximate surface area is 173 Å². The second-order valence-corrected chi connectivity index (χ2v) is 10.9. The Morgan fingerprint density at radius 2 is 1.90 bits per heavy atom. The highest BCUT2D eigenvalue weighted by Gasteiger charge is 2.65. The van der Waals surface area contributed by atoms with Crippen molar-refractivity contribution in [3.05, 3.63) is 34.9 Å². The Morgan fingerprint density at radius 1 is 1.10 bits per heavy atom. The summed E-state index contributed by atoms with van der Waals surface area (Å²) in [6, 6.07) is 5.98. The first-order valence-corrected chi connectivity index (χ1v) is 11.4. The predicted octanol–water partition coefficient (Wildman–Crippen LogP) is 4.13. The number of ketones is 1. The highest BCUT2D eigenvalue weighted by atomic mass is 16.3. The molecule has 1 amide bonds. The van der Waals surface area contributed by atoms with Gasteiger partial charge >= 0.3 is 0 Å². The summed E-state index contributed by atoms with van der Waals surface area (Å²) in [4.78, 5) is 24.8. The molecule has 1 aromatic carbocycles. The molecule has 5 atom stereocenters. The summed E-state index contributed by atoms with van der Waals surface area (Å²) in [7, 11) is 0. The molecule has 29 heavy (non-hydrogen) atoms. The fourth-order valence-electron chi connectivity index (χ4n) is 7.60. The molecular weight excluding hydrogens is 362 g/mol. The van der Waals surface area contributed by atoms with Crippen molar-refractivity contribution in [2.75, 3.05) is 0 Å². The average molecular weight is 396 g/mol. The molecule has 0 heterocycles. The molecular formula is C25H33NO3. The summed E-state index contributed by atoms with van der Waals surface area (Å²) in [5.41, 5.74) is 7.50. The molecule has 0 unspecified atom stereocenters. The van der Waals surface area contributed by atoms with Crippen molar-refractivity contribution in [1.82, 2.24) is 0 Å². The third-order valence-electron chi connectivity index (χ3n) is 9.41. The Morgan fingerprint density at radius 3 is 2.66 bits per heavy atom. The quantitative estimate of drug-likeness (QED) is 0.750. The first-order valence-electron chi connectivity index (χ1n) is 11.4. The Kier molecular flexibility index (Phi) is 4.10. The van der Waals surface area contributed by atoms with Crippen molar-refractivity contribution in [3.8, 4) is 0 Å². The molecule has 4 heteroatoms. The van der Waals surface area contributed by atoms with Crippen LogP contribution in [0.25, 0.3) is 0 Å². The minimum Gasteiger partial charge on any atom is -0.389 e. The zero-order valence-corrected chi connectivity index (χ0v) is 17.7. The Balaban J connectivity index is 1.51. The monoisotopic (exact) mass is 395 g/mol. The lowest BCUT2D eigenvalue weighted by Crippen LogP contribution is -2.52. The summed E-state index contributed by atoms with van der Waals surface area (Å²) < 4.78 is 0. The second kappa shape index (κ2) is 6.16. The van der Waals surface area contributed by atoms with Crippen molar-refractivity contribution >= 4 is 11.7 Å². The fourth-order valence-corrected chi connectivity index (χ4v) is 7.60. The van der Waals surface area contributed by atoms with Crippen LogP contribution in [0.15, 0.2) is 18.2 Å². The standard InChI is InChI=1S/C25H33NO3/c1-23(2)11-12-25(29)10-8-20-19-6-3-15-13-16(22(26)28)4-5-17(15)18(19)7-9-24(20,25)14-21(23)27/h4-5,13,18-20,29H,3,6-12,14H2,1-2H3,(H2,26,28)/t18-,19-,20+,24-,25-/m1/s1. The van der Waals surface area contributed by atoms with E-state index in [2.05, 4.69) is 19.9 Å². The molecule has 0 aromatic heterocycles. The molecule has 0 radical (unpaired) electrons. The average Bonchev–Trinajstić information content (AvgIpc) is 2.95. The number of fused-ring (bicyclic) bond motifs is 4. The number of Topliss-reactive ketones (excluding diaryl/α,β-unsaturated/α-hetero) is 1. The molecule has 0 bridgehead atoms. The molecule has 3 N–H and O–H groups in total. The van der Waals surface area contributed by atoms with Crippen LogP contribution in [0.1, 0.15) is 92.6 Å². The van der Waals surface area contributed by atoms with Crippen molar-refractivity contribution in [3.63, 3.8) is 0 Å². The van der Waals surface area contributed by atoms with Gasteiger partial charge in [0, 0.05) is 22.8 Å². The molecule has 3 fully saturated rings. The van der Waals surface area contributed by atoms with Crippen LogP contribution in [0.2, 0.25) is 0 Å². The van der Waals surface area contributed by atoms with E-state index >= 15 is 0 Å². The number of rotatable bonds is 1. The molecule has 4 nitrogen and oxygen atoms in total. The van der Waals surface area contributed by atoms with Gasteiger partial charge in [-0.1, -0.05) is 19.9 Å². The van der Waals surface area contributed by atoms with E-state index in [1.54, 1.807) is 0 Å². The van der Waals surface area contributed by atoms with Crippen LogP contribution in [0.5, 0.6) is 0 Å². The van der Waals surface area contributed by atoms with E-state index in [4.69, 9.17) is 5.73 Å². The van der Waals surface area contributed by atoms with Gasteiger partial charge < -0.3 is 10.8 Å². The van der Waals surface area contributed by atoms with E-state index in [1.807, 2.05) is 12.1 Å². The van der Waals surface area contributed by atoms with Gasteiger partial charge in [0.25, 0.3) is 0 Å². The fraction of sp³-hybridized carbons (Fsp3) is 0.680. The Hall–Kier alpha value is -1.68. The van der Waals surface area contributed by atoms with Gasteiger partial charge in [-0.2, -0.15) is 0 Å². The van der Waals surface area contributed by atoms with Crippen LogP contribution >= 0.6 is 0 Å². The highest BCUT2D eigenvalue weighted by molar-refractivity contribution is 5.93. The molecule has 0 saturated heterocycles. The SMILES string of the molecule is CC1(C)CC[C@]2(O)CC[C@H]3[C@@H]4CCc5cc(C(N)=O)ccc5[C@H]4CC[C@@]32CC1=O. The van der Waals surface area contributed by atoms with E-state index in [1.165, 1.54) is 11.1 Å². The number of benzene rings is 1. The maximum atomic E-state index is 13.2. The molecule has 0 aliphatic heterocycles. The van der Waals surface area contributed by atoms with Crippen LogP contribution in [0.4, 0.5) is 0 Å². The van der Waals surface area contributed by atoms with Gasteiger partial charge in [-0.25, -0.2) is 0 Å². The number of primary amides is 1. The van der Waals surface area contributed by atoms with E-state index in [9.17, 15) is 14.7 Å². The van der Waals surface area contributed by atoms with E-state index in [-0.39, 0.29) is 16.7 Å². The van der Waals surface area contributed by atoms with Gasteiger partial charge in [-0.3, -0.25) is 9.59 Å². The molecule has 156 valence electrons. The second-order valence-electron chi connectivity index (χ2n) is 10.9. The summed E-state index contributed by atoms with van der Waals surface area (Å²) >= 11 is 0. The van der Waals surface area contributed by atoms with Crippen LogP contribution in [0, 0.1) is 22.7 Å². The minimum absolute atomic E-state index is 0.232. The third kappa shape index (κ3) is 2.60. The van der Waals surface area contributed by atoms with Gasteiger partial charge in [0.2, 0.25) is 5.91 Å². The largest absolute Gasteiger partial charge is 0.389 e. The van der Waals surface area contributed by atoms with Crippen molar-refractivity contribution in [2.24, 2.45) is 28.4 Å². The van der Waals surface area contributed by atoms with E-state index < -0.39 is 5.60 Å². The third-order valence-corrected chi connectivity index (χ3v) is 9.41. The van der Waals surface area contributed by atoms with Gasteiger partial charge in [-0.05, 0) is 92.4 Å². The number of hydrogen-bond acceptors (Lipinski definition) is 3. The summed E-state index contributed by atoms with van der Waals surface area (Å²) in [6.45, 7) is 4.12. The van der Waals surface area contributed by atoms with Crippen molar-refractivity contribution in [1.29, 1.82) is 0 Å². The van der Waals surface area contributed by atoms with E-state index in [0.717, 1.165) is 51.4 Å². The number of nitrogens with two attached hydrogens (primary N) is 1. The highest BCUT2D eigenvalue weighted by Crippen LogP contribution is 2.68. The maximum absolute atomic E-state index is 13.2. The summed E-state index contributed by atoms with van der Waals surface area (Å²) in [6.07, 6.45) is 8.01. The summed E-state index contributed by atoms with van der Waals surface area (Å²) in [5.74, 6) is 1.41. The molecule has 1 spiro atoms. The molecule has 3 saturated carbocycles. The van der Waals surface area contributed by atoms with Crippen LogP contribution in [-0.4, -0.2) is 22.4 Å². The first kappa shape index (κ1) is 19.3. The van der Waals surface area contributed by atoms with Crippen molar-refractivity contribution in [2.45, 2.75) is 83.2 Å². The van der Waals surface area contributed by atoms with Gasteiger partial charge in [0.15, 0.2) is 0 Å². The van der Waals surface area contributed by atoms with Crippen LogP contribution in [-0.2, 0) is 11.2 Å². The smallest absolute Gasteiger partial charge is 0.248 e. The van der Waals surface area contributed by atoms with Crippen LogP contribution < -0.4 is 5.73 Å². The maximum Gasteiger partial charge on any atom is 0.248 e. The number of hydrogen-bond donors (Lipinski definition) is 2. The van der Waals surface area contributed by atoms with E-state index in [0.29, 0.717) is 35.5 Å². The summed E-state index contributed by atoms with van der Waals surface area (Å²) in [5, 5.41) is 11.8. The number of amides is 1. The van der Waals surface area contributed by atoms with Gasteiger partial charge in [0.05, 0.1) is 5.60 Å². The topological polar surface area (TPSA) is 80.4 Å². The minimum atomic E-state index is -0.678. The number of aryl methyl sites for hydroxylation is 1. The molecule has 1 aromatic rings. The normalized spacial score (nSPS) is 40.2. The predicted molar refractivity (Wildman–Crippen MR) is 111 cm³/mol. The lowest BCUT2D eigenvalue weighted by molar-refractivity contribution is -0.140. The number of carbonyl (C=O) groups is 2. The van der Waals surface area contributed by atoms with Crippen LogP contribution in [0.3, 0.4) is 0 Å². The molecule has 4 aliphatic rings. The lowest BCUT2D eigenvalue weighted by Gasteiger charge is -2.54. The zero-order chi connectivity index (χ0) is 20.6. The lowest BCUT2D eigenvalue weighted by atomic mass is 9.51. The van der Waals surface area contributed by atoms with Crippen molar-refractivity contribution < 1.29 is 14.7 Å². The number of carbonyl (C=O) groups excluding carboxylic acids is 2. The molecule has 4 aliphatic carbocycles. The Bertz CT molecular complexity index is 890.